The van der Waals surface area contributed by atoms with Crippen LogP contribution in [0.1, 0.15) is 35.2 Å². The molecule has 232 valence electrons. The molecular weight excluding hydrogens is 554 g/mol. The van der Waals surface area contributed by atoms with E-state index in [-0.39, 0.29) is 11.3 Å². The van der Waals surface area contributed by atoms with Gasteiger partial charge in [-0.3, -0.25) is 4.79 Å². The average Bonchev–Trinajstić information content (AvgIpc) is 3.57. The second-order valence-electron chi connectivity index (χ2n) is 11.9. The highest BCUT2D eigenvalue weighted by Gasteiger charge is 2.42. The number of imidazole rings is 1. The fraction of sp³-hybridized carbons (Fsp3) is 0.429. The topological polar surface area (TPSA) is 72.3 Å². The fourth-order valence-electron chi connectivity index (χ4n) is 6.99. The van der Waals surface area contributed by atoms with Crippen LogP contribution in [0.25, 0.3) is 11.0 Å². The van der Waals surface area contributed by atoms with E-state index in [0.29, 0.717) is 35.9 Å². The van der Waals surface area contributed by atoms with Crippen LogP contribution in [-0.4, -0.2) is 92.4 Å². The molecule has 3 heterocycles. The van der Waals surface area contributed by atoms with Crippen LogP contribution in [0, 0.1) is 0 Å². The Hall–Kier alpha value is -4.24. The van der Waals surface area contributed by atoms with Crippen LogP contribution in [0.2, 0.25) is 0 Å². The molecule has 0 N–H and O–H groups in total. The monoisotopic (exact) mass is 597 g/mol. The zero-order chi connectivity index (χ0) is 30.7. The van der Waals surface area contributed by atoms with E-state index in [9.17, 15) is 4.79 Å². The Bertz CT molecular complexity index is 1580. The Labute approximate surface area is 259 Å². The number of para-hydroxylation sites is 2. The third kappa shape index (κ3) is 5.68. The molecule has 44 heavy (non-hydrogen) atoms. The van der Waals surface area contributed by atoms with Gasteiger partial charge in [-0.15, -0.1) is 0 Å². The van der Waals surface area contributed by atoms with Gasteiger partial charge in [-0.1, -0.05) is 42.5 Å². The quantitative estimate of drug-likeness (QED) is 0.269. The van der Waals surface area contributed by atoms with Gasteiger partial charge in [-0.25, -0.2) is 4.98 Å². The van der Waals surface area contributed by atoms with Gasteiger partial charge in [0, 0.05) is 50.7 Å². The number of carbonyl (C=O) groups excluding carboxylic acids is 1. The van der Waals surface area contributed by atoms with Crippen molar-refractivity contribution < 1.29 is 19.0 Å². The highest BCUT2D eigenvalue weighted by atomic mass is 16.5. The number of benzene rings is 3. The van der Waals surface area contributed by atoms with Crippen LogP contribution in [0.15, 0.2) is 66.7 Å². The number of aromatic nitrogens is 2. The van der Waals surface area contributed by atoms with Crippen molar-refractivity contribution in [2.75, 3.05) is 72.0 Å². The van der Waals surface area contributed by atoms with Gasteiger partial charge in [0.2, 0.25) is 11.7 Å². The predicted octanol–water partition coefficient (Wildman–Crippen LogP) is 4.99. The summed E-state index contributed by atoms with van der Waals surface area (Å²) in [5.41, 5.74) is 3.94. The lowest BCUT2D eigenvalue weighted by molar-refractivity contribution is 0.0780. The second-order valence-corrected chi connectivity index (χ2v) is 11.9. The Balaban J connectivity index is 1.17. The minimum Gasteiger partial charge on any atom is -0.493 e. The maximum absolute atomic E-state index is 13.9. The average molecular weight is 598 g/mol. The molecule has 0 bridgehead atoms. The van der Waals surface area contributed by atoms with Crippen molar-refractivity contribution in [1.29, 1.82) is 0 Å². The van der Waals surface area contributed by atoms with Crippen molar-refractivity contribution in [2.45, 2.75) is 24.7 Å². The first-order chi connectivity index (χ1) is 21.5. The predicted molar refractivity (Wildman–Crippen MR) is 173 cm³/mol. The minimum atomic E-state index is -0.110. The lowest BCUT2D eigenvalue weighted by Gasteiger charge is -2.33. The minimum absolute atomic E-state index is 0.0186. The summed E-state index contributed by atoms with van der Waals surface area (Å²) in [5, 5.41) is 0. The summed E-state index contributed by atoms with van der Waals surface area (Å²) in [6.45, 7) is 6.34. The van der Waals surface area contributed by atoms with Gasteiger partial charge in [-0.2, -0.15) is 0 Å². The smallest absolute Gasteiger partial charge is 0.254 e. The van der Waals surface area contributed by atoms with Gasteiger partial charge in [0.25, 0.3) is 5.91 Å². The van der Waals surface area contributed by atoms with E-state index in [0.717, 1.165) is 63.5 Å². The first-order valence-electron chi connectivity index (χ1n) is 15.5. The number of hydrogen-bond acceptors (Lipinski definition) is 7. The Morgan fingerprint density at radius 2 is 1.59 bits per heavy atom. The van der Waals surface area contributed by atoms with Crippen molar-refractivity contribution in [1.82, 2.24) is 19.4 Å². The molecule has 4 aromatic rings. The lowest BCUT2D eigenvalue weighted by Crippen LogP contribution is -2.39. The zero-order valence-corrected chi connectivity index (χ0v) is 26.3. The van der Waals surface area contributed by atoms with Gasteiger partial charge < -0.3 is 33.5 Å². The molecule has 0 aliphatic carbocycles. The fourth-order valence-corrected chi connectivity index (χ4v) is 6.99. The molecule has 0 spiro atoms. The summed E-state index contributed by atoms with van der Waals surface area (Å²) in [4.78, 5) is 25.8. The van der Waals surface area contributed by atoms with Gasteiger partial charge in [0.05, 0.1) is 32.4 Å². The molecule has 1 amide bonds. The summed E-state index contributed by atoms with van der Waals surface area (Å²) < 4.78 is 18.7. The molecule has 0 radical (unpaired) electrons. The van der Waals surface area contributed by atoms with E-state index >= 15 is 0 Å². The van der Waals surface area contributed by atoms with Crippen LogP contribution >= 0.6 is 0 Å². The number of hydrogen-bond donors (Lipinski definition) is 0. The van der Waals surface area contributed by atoms with Crippen molar-refractivity contribution in [2.24, 2.45) is 7.05 Å². The number of aryl methyl sites for hydroxylation is 1. The molecule has 2 aliphatic rings. The summed E-state index contributed by atoms with van der Waals surface area (Å²) in [6.07, 6.45) is 3.00. The Morgan fingerprint density at radius 3 is 2.30 bits per heavy atom. The number of amides is 1. The van der Waals surface area contributed by atoms with Crippen molar-refractivity contribution in [3.05, 3.63) is 77.9 Å². The number of carbonyl (C=O) groups is 1. The number of likely N-dealkylation sites (tertiary alicyclic amines) is 1. The van der Waals surface area contributed by atoms with Gasteiger partial charge >= 0.3 is 0 Å². The largest absolute Gasteiger partial charge is 0.493 e. The zero-order valence-electron chi connectivity index (χ0n) is 26.3. The number of ether oxygens (including phenoxy) is 3. The van der Waals surface area contributed by atoms with Crippen molar-refractivity contribution >= 4 is 22.9 Å². The van der Waals surface area contributed by atoms with Crippen LogP contribution in [-0.2, 0) is 12.5 Å². The number of anilines is 1. The summed E-state index contributed by atoms with van der Waals surface area (Å²) in [7, 11) is 6.83. The van der Waals surface area contributed by atoms with Crippen molar-refractivity contribution in [3.63, 3.8) is 0 Å². The third-order valence-electron chi connectivity index (χ3n) is 9.48. The Morgan fingerprint density at radius 1 is 0.864 bits per heavy atom. The molecule has 9 nitrogen and oxygen atoms in total. The first-order valence-corrected chi connectivity index (χ1v) is 15.5. The molecule has 2 fully saturated rings. The van der Waals surface area contributed by atoms with E-state index in [2.05, 4.69) is 69.9 Å². The molecule has 1 unspecified atom stereocenters. The highest BCUT2D eigenvalue weighted by molar-refractivity contribution is 5.96. The van der Waals surface area contributed by atoms with E-state index in [1.54, 1.807) is 33.5 Å². The molecule has 6 rings (SSSR count). The SMILES string of the molecule is COc1cc(C(=O)N2CCC(CCN3CCCN(c4nc5ccccc5n4C)CC3)(c3ccccc3)C2)cc(OC)c1OC. The van der Waals surface area contributed by atoms with E-state index < -0.39 is 0 Å². The first kappa shape index (κ1) is 29.8. The second kappa shape index (κ2) is 12.8. The third-order valence-corrected chi connectivity index (χ3v) is 9.48. The maximum Gasteiger partial charge on any atom is 0.254 e. The molecule has 2 aliphatic heterocycles. The number of fused-ring (bicyclic) bond motifs is 1. The van der Waals surface area contributed by atoms with Crippen LogP contribution in [0.5, 0.6) is 17.2 Å². The lowest BCUT2D eigenvalue weighted by atomic mass is 9.76. The van der Waals surface area contributed by atoms with Gasteiger partial charge in [-0.05, 0) is 62.2 Å². The normalized spacial score (nSPS) is 19.3. The van der Waals surface area contributed by atoms with Crippen LogP contribution < -0.4 is 19.1 Å². The van der Waals surface area contributed by atoms with Crippen LogP contribution in [0.4, 0.5) is 5.95 Å². The van der Waals surface area contributed by atoms with Gasteiger partial charge in [0.15, 0.2) is 11.5 Å². The molecular formula is C35H43N5O4. The molecule has 3 aromatic carbocycles. The number of rotatable bonds is 9. The molecule has 2 saturated heterocycles. The number of nitrogens with zero attached hydrogens (tertiary/aromatic N) is 5. The Kier molecular flexibility index (Phi) is 8.66. The van der Waals surface area contributed by atoms with E-state index in [1.165, 1.54) is 11.1 Å². The standard InChI is InChI=1S/C35H43N5O4/c1-37-29-14-9-8-13-28(29)36-34(37)39-18-10-17-38(21-22-39)19-15-35(27-11-6-5-7-12-27)16-20-40(25-35)33(41)26-23-30(42-2)32(44-4)31(24-26)43-3/h5-9,11-14,23-24H,10,15-22,25H2,1-4H3. The van der Waals surface area contributed by atoms with Crippen molar-refractivity contribution in [3.8, 4) is 17.2 Å². The number of methoxy groups -OCH3 is 3. The van der Waals surface area contributed by atoms with E-state index in [1.807, 2.05) is 11.0 Å². The summed E-state index contributed by atoms with van der Waals surface area (Å²) in [5.74, 6) is 2.48. The molecule has 0 saturated carbocycles. The molecule has 1 atom stereocenters. The van der Waals surface area contributed by atoms with E-state index in [4.69, 9.17) is 19.2 Å². The van der Waals surface area contributed by atoms with Crippen LogP contribution in [0.3, 0.4) is 0 Å². The maximum atomic E-state index is 13.9. The summed E-state index contributed by atoms with van der Waals surface area (Å²) >= 11 is 0. The van der Waals surface area contributed by atoms with Gasteiger partial charge in [0.1, 0.15) is 0 Å². The highest BCUT2D eigenvalue weighted by Crippen LogP contribution is 2.41. The molecule has 9 heteroatoms. The molecule has 1 aromatic heterocycles. The summed E-state index contributed by atoms with van der Waals surface area (Å²) in [6, 6.07) is 22.6.